The average Bonchev–Trinajstić information content (AvgIpc) is 2.81. The van der Waals surface area contributed by atoms with Gasteiger partial charge in [0.1, 0.15) is 11.7 Å². The molecule has 0 aliphatic carbocycles. The first kappa shape index (κ1) is 14.7. The molecule has 3 rings (SSSR count). The number of hydrogen-bond donors (Lipinski definition) is 2. The molecule has 6 nitrogen and oxygen atoms in total. The number of nitrogens with one attached hydrogen (secondary N) is 2. The Morgan fingerprint density at radius 2 is 2.05 bits per heavy atom. The van der Waals surface area contributed by atoms with Crippen LogP contribution in [0, 0.1) is 6.92 Å². The Hall–Kier alpha value is -2.18. The SMILES string of the molecule is Cc1cnc(C(=O)N[C@H]2C(=O)Nc3c2ccc(Cl)c3Cl)cn1. The molecule has 0 fully saturated rings. The second-order valence-electron chi connectivity index (χ2n) is 4.76. The highest BCUT2D eigenvalue weighted by Crippen LogP contribution is 2.40. The van der Waals surface area contributed by atoms with Gasteiger partial charge in [0, 0.05) is 11.8 Å². The second-order valence-corrected chi connectivity index (χ2v) is 5.55. The number of nitrogens with zero attached hydrogens (tertiary/aromatic N) is 2. The Balaban J connectivity index is 1.88. The van der Waals surface area contributed by atoms with Gasteiger partial charge in [0.05, 0.1) is 27.6 Å². The summed E-state index contributed by atoms with van der Waals surface area (Å²) in [6.07, 6.45) is 2.83. The number of halogens is 2. The Labute approximate surface area is 135 Å². The van der Waals surface area contributed by atoms with E-state index in [0.717, 1.165) is 0 Å². The highest BCUT2D eigenvalue weighted by Gasteiger charge is 2.34. The monoisotopic (exact) mass is 336 g/mol. The van der Waals surface area contributed by atoms with Gasteiger partial charge in [-0.1, -0.05) is 29.3 Å². The summed E-state index contributed by atoms with van der Waals surface area (Å²) in [5.41, 5.74) is 1.81. The number of anilines is 1. The number of amides is 2. The van der Waals surface area contributed by atoms with Crippen molar-refractivity contribution >= 4 is 40.7 Å². The van der Waals surface area contributed by atoms with E-state index in [2.05, 4.69) is 20.6 Å². The topological polar surface area (TPSA) is 84.0 Å². The van der Waals surface area contributed by atoms with Crippen molar-refractivity contribution in [1.82, 2.24) is 15.3 Å². The summed E-state index contributed by atoms with van der Waals surface area (Å²) in [6, 6.07) is 2.38. The van der Waals surface area contributed by atoms with Crippen molar-refractivity contribution in [2.75, 3.05) is 5.32 Å². The third-order valence-corrected chi connectivity index (χ3v) is 4.04. The molecule has 0 saturated heterocycles. The van der Waals surface area contributed by atoms with E-state index in [1.807, 2.05) is 0 Å². The number of aryl methyl sites for hydroxylation is 1. The maximum absolute atomic E-state index is 12.2. The van der Waals surface area contributed by atoms with Crippen LogP contribution in [-0.2, 0) is 4.79 Å². The molecule has 22 heavy (non-hydrogen) atoms. The van der Waals surface area contributed by atoms with E-state index in [4.69, 9.17) is 23.2 Å². The lowest BCUT2D eigenvalue weighted by Crippen LogP contribution is -2.33. The van der Waals surface area contributed by atoms with Crippen LogP contribution in [0.15, 0.2) is 24.5 Å². The van der Waals surface area contributed by atoms with Crippen molar-refractivity contribution in [2.24, 2.45) is 0 Å². The molecule has 1 aliphatic rings. The molecule has 0 saturated carbocycles. The van der Waals surface area contributed by atoms with Gasteiger partial charge in [-0.3, -0.25) is 14.6 Å². The molecule has 2 aromatic rings. The quantitative estimate of drug-likeness (QED) is 0.882. The van der Waals surface area contributed by atoms with E-state index in [1.165, 1.54) is 12.4 Å². The van der Waals surface area contributed by atoms with Crippen LogP contribution in [0.3, 0.4) is 0 Å². The van der Waals surface area contributed by atoms with Gasteiger partial charge in [-0.15, -0.1) is 0 Å². The van der Waals surface area contributed by atoms with Crippen molar-refractivity contribution in [3.8, 4) is 0 Å². The molecule has 0 bridgehead atoms. The summed E-state index contributed by atoms with van der Waals surface area (Å²) in [7, 11) is 0. The summed E-state index contributed by atoms with van der Waals surface area (Å²) >= 11 is 12.0. The zero-order valence-electron chi connectivity index (χ0n) is 11.4. The third kappa shape index (κ3) is 2.51. The van der Waals surface area contributed by atoms with Crippen molar-refractivity contribution in [1.29, 1.82) is 0 Å². The molecule has 2 heterocycles. The molecular formula is C14H10Cl2N4O2. The first-order valence-electron chi connectivity index (χ1n) is 6.35. The minimum atomic E-state index is -0.847. The van der Waals surface area contributed by atoms with Crippen LogP contribution in [0.5, 0.6) is 0 Å². The maximum atomic E-state index is 12.2. The van der Waals surface area contributed by atoms with Gasteiger partial charge in [0.2, 0.25) is 0 Å². The molecular weight excluding hydrogens is 327 g/mol. The van der Waals surface area contributed by atoms with Crippen LogP contribution < -0.4 is 10.6 Å². The highest BCUT2D eigenvalue weighted by atomic mass is 35.5. The summed E-state index contributed by atoms with van der Waals surface area (Å²) in [5, 5.41) is 5.81. The van der Waals surface area contributed by atoms with Crippen molar-refractivity contribution in [3.63, 3.8) is 0 Å². The number of fused-ring (bicyclic) bond motifs is 1. The summed E-state index contributed by atoms with van der Waals surface area (Å²) in [5.74, 6) is -0.876. The van der Waals surface area contributed by atoms with Crippen LogP contribution in [0.25, 0.3) is 0 Å². The summed E-state index contributed by atoms with van der Waals surface area (Å²) < 4.78 is 0. The lowest BCUT2D eigenvalue weighted by molar-refractivity contribution is -0.117. The number of rotatable bonds is 2. The molecule has 0 unspecified atom stereocenters. The fourth-order valence-electron chi connectivity index (χ4n) is 2.13. The normalized spacial score (nSPS) is 16.1. The molecule has 1 aromatic heterocycles. The number of aromatic nitrogens is 2. The lowest BCUT2D eigenvalue weighted by Gasteiger charge is -2.11. The van der Waals surface area contributed by atoms with Crippen molar-refractivity contribution < 1.29 is 9.59 Å². The van der Waals surface area contributed by atoms with Gasteiger partial charge in [-0.05, 0) is 13.0 Å². The van der Waals surface area contributed by atoms with Gasteiger partial charge in [0.25, 0.3) is 11.8 Å². The van der Waals surface area contributed by atoms with E-state index in [9.17, 15) is 9.59 Å². The standard InChI is InChI=1S/C14H10Cl2N4O2/c1-6-4-18-9(5-17-6)13(21)20-12-7-2-3-8(15)10(16)11(7)19-14(12)22/h2-5,12H,1H3,(H,19,22)(H,20,21)/t12-/m1/s1. The summed E-state index contributed by atoms with van der Waals surface area (Å²) in [6.45, 7) is 1.76. The minimum absolute atomic E-state index is 0.131. The zero-order chi connectivity index (χ0) is 15.9. The van der Waals surface area contributed by atoms with Crippen LogP contribution in [0.1, 0.15) is 27.8 Å². The Morgan fingerprint density at radius 3 is 2.73 bits per heavy atom. The van der Waals surface area contributed by atoms with Crippen molar-refractivity contribution in [3.05, 3.63) is 51.5 Å². The third-order valence-electron chi connectivity index (χ3n) is 3.24. The molecule has 0 radical (unpaired) electrons. The predicted octanol–water partition coefficient (Wildman–Crippen LogP) is 2.52. The van der Waals surface area contributed by atoms with Crippen molar-refractivity contribution in [2.45, 2.75) is 13.0 Å². The predicted molar refractivity (Wildman–Crippen MR) is 82.1 cm³/mol. The highest BCUT2D eigenvalue weighted by molar-refractivity contribution is 6.44. The molecule has 1 aliphatic heterocycles. The van der Waals surface area contributed by atoms with E-state index < -0.39 is 11.9 Å². The van der Waals surface area contributed by atoms with Crippen LogP contribution in [0.4, 0.5) is 5.69 Å². The molecule has 1 aromatic carbocycles. The van der Waals surface area contributed by atoms with Gasteiger partial charge in [-0.2, -0.15) is 0 Å². The molecule has 8 heteroatoms. The molecule has 2 amide bonds. The minimum Gasteiger partial charge on any atom is -0.335 e. The van der Waals surface area contributed by atoms with Crippen LogP contribution in [-0.4, -0.2) is 21.8 Å². The second kappa shape index (κ2) is 5.55. The fourth-order valence-corrected chi connectivity index (χ4v) is 2.50. The van der Waals surface area contributed by atoms with E-state index in [-0.39, 0.29) is 16.6 Å². The summed E-state index contributed by atoms with van der Waals surface area (Å²) in [4.78, 5) is 32.2. The number of benzene rings is 1. The first-order chi connectivity index (χ1) is 10.5. The Kier molecular flexibility index (Phi) is 3.72. The molecule has 1 atom stereocenters. The van der Waals surface area contributed by atoms with Gasteiger partial charge < -0.3 is 10.6 Å². The molecule has 2 N–H and O–H groups in total. The Bertz CT molecular complexity index is 777. The average molecular weight is 337 g/mol. The fraction of sp³-hybridized carbons (Fsp3) is 0.143. The van der Waals surface area contributed by atoms with E-state index in [0.29, 0.717) is 22.0 Å². The van der Waals surface area contributed by atoms with E-state index >= 15 is 0 Å². The van der Waals surface area contributed by atoms with Gasteiger partial charge >= 0.3 is 0 Å². The first-order valence-corrected chi connectivity index (χ1v) is 7.11. The van der Waals surface area contributed by atoms with Gasteiger partial charge in [0.15, 0.2) is 0 Å². The largest absolute Gasteiger partial charge is 0.335 e. The molecule has 112 valence electrons. The Morgan fingerprint density at radius 1 is 1.27 bits per heavy atom. The molecule has 0 spiro atoms. The smallest absolute Gasteiger partial charge is 0.272 e. The van der Waals surface area contributed by atoms with E-state index in [1.54, 1.807) is 19.1 Å². The number of carbonyl (C=O) groups is 2. The van der Waals surface area contributed by atoms with Crippen LogP contribution >= 0.6 is 23.2 Å². The van der Waals surface area contributed by atoms with Crippen LogP contribution in [0.2, 0.25) is 10.0 Å². The van der Waals surface area contributed by atoms with Gasteiger partial charge in [-0.25, -0.2) is 4.98 Å². The lowest BCUT2D eigenvalue weighted by atomic mass is 10.1. The number of hydrogen-bond acceptors (Lipinski definition) is 4. The zero-order valence-corrected chi connectivity index (χ0v) is 12.9. The number of carbonyl (C=O) groups excluding carboxylic acids is 2. The maximum Gasteiger partial charge on any atom is 0.272 e.